The summed E-state index contributed by atoms with van der Waals surface area (Å²) in [6.07, 6.45) is -0.494. The number of ether oxygens (including phenoxy) is 1. The van der Waals surface area contributed by atoms with Gasteiger partial charge < -0.3 is 9.64 Å². The molecule has 5 rings (SSSR count). The molecule has 1 aliphatic heterocycles. The number of anilines is 1. The summed E-state index contributed by atoms with van der Waals surface area (Å²) in [7, 11) is 1.73. The number of hydrogen-bond donors (Lipinski definition) is 0. The van der Waals surface area contributed by atoms with Crippen LogP contribution in [0.1, 0.15) is 24.4 Å². The van der Waals surface area contributed by atoms with Crippen molar-refractivity contribution >= 4 is 5.69 Å². The van der Waals surface area contributed by atoms with E-state index < -0.39 is 17.7 Å². The SMILES string of the molecule is Cn1nc(CC2C3CCC2CN(c2ccnc(C(F)(F)F)c2)C3)nc1Oc1cccc(F)c1. The predicted octanol–water partition coefficient (Wildman–Crippen LogP) is 4.87. The fourth-order valence-electron chi connectivity index (χ4n) is 5.09. The van der Waals surface area contributed by atoms with E-state index in [1.807, 2.05) is 4.90 Å². The lowest BCUT2D eigenvalue weighted by atomic mass is 9.82. The Hall–Kier alpha value is -3.17. The first-order valence-electron chi connectivity index (χ1n) is 10.9. The largest absolute Gasteiger partial charge is 0.433 e. The summed E-state index contributed by atoms with van der Waals surface area (Å²) in [6.45, 7) is 1.39. The first kappa shape index (κ1) is 21.7. The minimum absolute atomic E-state index is 0.289. The zero-order valence-corrected chi connectivity index (χ0v) is 18.0. The summed E-state index contributed by atoms with van der Waals surface area (Å²) in [5.41, 5.74) is -0.299. The molecule has 174 valence electrons. The monoisotopic (exact) mass is 461 g/mol. The van der Waals surface area contributed by atoms with Gasteiger partial charge in [0.05, 0.1) is 0 Å². The number of aryl methyl sites for hydroxylation is 1. The molecular weight excluding hydrogens is 438 g/mol. The van der Waals surface area contributed by atoms with Crippen LogP contribution in [0.25, 0.3) is 0 Å². The summed E-state index contributed by atoms with van der Waals surface area (Å²) in [4.78, 5) is 10.0. The Balaban J connectivity index is 1.28. The van der Waals surface area contributed by atoms with Crippen LogP contribution in [0.5, 0.6) is 11.8 Å². The third-order valence-corrected chi connectivity index (χ3v) is 6.62. The molecule has 3 aromatic rings. The van der Waals surface area contributed by atoms with Gasteiger partial charge in [-0.05, 0) is 54.9 Å². The molecule has 0 radical (unpaired) electrons. The minimum Gasteiger partial charge on any atom is -0.424 e. The van der Waals surface area contributed by atoms with Crippen LogP contribution >= 0.6 is 0 Å². The summed E-state index contributed by atoms with van der Waals surface area (Å²) in [5.74, 6) is 1.66. The lowest BCUT2D eigenvalue weighted by molar-refractivity contribution is -0.141. The fraction of sp³-hybridized carbons (Fsp3) is 0.435. The third kappa shape index (κ3) is 4.51. The van der Waals surface area contributed by atoms with Crippen LogP contribution in [0.3, 0.4) is 0 Å². The summed E-state index contributed by atoms with van der Waals surface area (Å²) in [5, 5.41) is 4.48. The average Bonchev–Trinajstić information content (AvgIpc) is 3.21. The van der Waals surface area contributed by atoms with Crippen molar-refractivity contribution in [3.63, 3.8) is 0 Å². The van der Waals surface area contributed by atoms with Crippen molar-refractivity contribution in [2.24, 2.45) is 24.8 Å². The summed E-state index contributed by atoms with van der Waals surface area (Å²) in [6, 6.07) is 8.91. The highest BCUT2D eigenvalue weighted by Gasteiger charge is 2.43. The van der Waals surface area contributed by atoms with Gasteiger partial charge in [0.2, 0.25) is 0 Å². The summed E-state index contributed by atoms with van der Waals surface area (Å²) < 4.78 is 59.9. The van der Waals surface area contributed by atoms with Gasteiger partial charge in [-0.1, -0.05) is 6.07 Å². The van der Waals surface area contributed by atoms with Crippen molar-refractivity contribution in [2.75, 3.05) is 18.0 Å². The Morgan fingerprint density at radius 1 is 1.09 bits per heavy atom. The average molecular weight is 461 g/mol. The lowest BCUT2D eigenvalue weighted by Gasteiger charge is -2.39. The van der Waals surface area contributed by atoms with Gasteiger partial charge in [0.15, 0.2) is 5.82 Å². The number of halogens is 4. The van der Waals surface area contributed by atoms with Crippen molar-refractivity contribution in [3.05, 3.63) is 59.9 Å². The molecule has 1 aromatic carbocycles. The molecule has 3 heterocycles. The molecule has 0 amide bonds. The second-order valence-electron chi connectivity index (χ2n) is 8.76. The molecule has 1 aliphatic carbocycles. The Kier molecular flexibility index (Phi) is 5.46. The van der Waals surface area contributed by atoms with Crippen LogP contribution < -0.4 is 9.64 Å². The molecule has 1 saturated carbocycles. The zero-order valence-electron chi connectivity index (χ0n) is 18.0. The number of piperidine rings is 1. The van der Waals surface area contributed by atoms with Crippen molar-refractivity contribution in [1.82, 2.24) is 19.7 Å². The molecule has 6 nitrogen and oxygen atoms in total. The van der Waals surface area contributed by atoms with Gasteiger partial charge in [-0.15, -0.1) is 0 Å². The standard InChI is InChI=1S/C23H23F4N5O/c1-31-22(33-18-4-2-3-16(24)9-18)29-21(30-31)11-19-14-5-6-15(19)13-32(12-14)17-7-8-28-20(10-17)23(25,26)27/h2-4,7-10,14-15,19H,5-6,11-13H2,1H3. The number of nitrogens with zero attached hydrogens (tertiary/aromatic N) is 5. The van der Waals surface area contributed by atoms with E-state index in [9.17, 15) is 17.6 Å². The Morgan fingerprint density at radius 3 is 2.55 bits per heavy atom. The van der Waals surface area contributed by atoms with Gasteiger partial charge >= 0.3 is 12.2 Å². The van der Waals surface area contributed by atoms with Crippen LogP contribution in [0.4, 0.5) is 23.2 Å². The molecule has 2 bridgehead atoms. The maximum Gasteiger partial charge on any atom is 0.433 e. The van der Waals surface area contributed by atoms with E-state index in [0.717, 1.165) is 18.9 Å². The molecule has 1 saturated heterocycles. The van der Waals surface area contributed by atoms with Gasteiger partial charge in [0.1, 0.15) is 17.3 Å². The van der Waals surface area contributed by atoms with Gasteiger partial charge in [-0.25, -0.2) is 9.07 Å². The molecule has 33 heavy (non-hydrogen) atoms. The molecule has 2 atom stereocenters. The fourth-order valence-corrected chi connectivity index (χ4v) is 5.09. The second-order valence-corrected chi connectivity index (χ2v) is 8.76. The molecule has 2 fully saturated rings. The maximum absolute atomic E-state index is 13.4. The molecule has 0 spiro atoms. The molecule has 2 unspecified atom stereocenters. The van der Waals surface area contributed by atoms with E-state index in [1.54, 1.807) is 25.2 Å². The molecule has 2 aromatic heterocycles. The lowest BCUT2D eigenvalue weighted by Crippen LogP contribution is -2.43. The first-order chi connectivity index (χ1) is 15.8. The zero-order chi connectivity index (χ0) is 23.2. The van der Waals surface area contributed by atoms with Crippen LogP contribution in [-0.2, 0) is 19.6 Å². The molecular formula is C23H23F4N5O. The minimum atomic E-state index is -4.46. The number of aromatic nitrogens is 4. The smallest absolute Gasteiger partial charge is 0.424 e. The Morgan fingerprint density at radius 2 is 1.85 bits per heavy atom. The van der Waals surface area contributed by atoms with Crippen molar-refractivity contribution in [2.45, 2.75) is 25.4 Å². The molecule has 10 heteroatoms. The number of fused-ring (bicyclic) bond motifs is 2. The second kappa shape index (κ2) is 8.31. The van der Waals surface area contributed by atoms with Crippen LogP contribution in [0, 0.1) is 23.6 Å². The number of alkyl halides is 3. The predicted molar refractivity (Wildman–Crippen MR) is 112 cm³/mol. The van der Waals surface area contributed by atoms with Crippen molar-refractivity contribution in [1.29, 1.82) is 0 Å². The Labute approximate surface area is 188 Å². The molecule has 2 aliphatic rings. The van der Waals surface area contributed by atoms with E-state index in [2.05, 4.69) is 15.1 Å². The van der Waals surface area contributed by atoms with Crippen molar-refractivity contribution in [3.8, 4) is 11.8 Å². The van der Waals surface area contributed by atoms with E-state index in [0.29, 0.717) is 54.5 Å². The summed E-state index contributed by atoms with van der Waals surface area (Å²) >= 11 is 0. The highest BCUT2D eigenvalue weighted by Crippen LogP contribution is 2.45. The van der Waals surface area contributed by atoms with Gasteiger partial charge in [-0.2, -0.15) is 23.3 Å². The Bertz CT molecular complexity index is 1130. The van der Waals surface area contributed by atoms with Crippen LogP contribution in [0.15, 0.2) is 42.6 Å². The topological polar surface area (TPSA) is 56.1 Å². The van der Waals surface area contributed by atoms with Crippen LogP contribution in [-0.4, -0.2) is 32.8 Å². The maximum atomic E-state index is 13.4. The number of pyridine rings is 1. The van der Waals surface area contributed by atoms with E-state index >= 15 is 0 Å². The van der Waals surface area contributed by atoms with Crippen molar-refractivity contribution < 1.29 is 22.3 Å². The van der Waals surface area contributed by atoms with Gasteiger partial charge in [-0.3, -0.25) is 4.98 Å². The van der Waals surface area contributed by atoms with E-state index in [-0.39, 0.29) is 6.01 Å². The highest BCUT2D eigenvalue weighted by molar-refractivity contribution is 5.48. The third-order valence-electron chi connectivity index (χ3n) is 6.62. The van der Waals surface area contributed by atoms with E-state index in [4.69, 9.17) is 4.74 Å². The highest BCUT2D eigenvalue weighted by atomic mass is 19.4. The first-order valence-corrected chi connectivity index (χ1v) is 10.9. The molecule has 0 N–H and O–H groups in total. The number of benzene rings is 1. The quantitative estimate of drug-likeness (QED) is 0.508. The van der Waals surface area contributed by atoms with Gasteiger partial charge in [0.25, 0.3) is 0 Å². The number of rotatable bonds is 5. The normalized spacial score (nSPS) is 22.6. The number of hydrogen-bond acceptors (Lipinski definition) is 5. The van der Waals surface area contributed by atoms with E-state index in [1.165, 1.54) is 23.0 Å². The van der Waals surface area contributed by atoms with Gasteiger partial charge in [0, 0.05) is 44.5 Å². The van der Waals surface area contributed by atoms with Crippen LogP contribution in [0.2, 0.25) is 0 Å².